The Balaban J connectivity index is 1.55. The van der Waals surface area contributed by atoms with E-state index < -0.39 is 11.9 Å². The number of carbonyl (C=O) groups is 1. The van der Waals surface area contributed by atoms with Gasteiger partial charge in [0.15, 0.2) is 5.69 Å². The first-order chi connectivity index (χ1) is 13.9. The second-order valence-corrected chi connectivity index (χ2v) is 7.85. The number of hydrogen-bond acceptors (Lipinski definition) is 4. The summed E-state index contributed by atoms with van der Waals surface area (Å²) < 4.78 is 46.8. The molecule has 1 aliphatic carbocycles. The van der Waals surface area contributed by atoms with Crippen molar-refractivity contribution in [1.82, 2.24) is 19.8 Å². The Bertz CT molecular complexity index is 887. The van der Waals surface area contributed by atoms with Crippen molar-refractivity contribution in [2.24, 2.45) is 0 Å². The minimum Gasteiger partial charge on any atom is -0.361 e. The van der Waals surface area contributed by atoms with E-state index in [1.807, 2.05) is 13.0 Å². The van der Waals surface area contributed by atoms with Crippen LogP contribution < -0.4 is 0 Å². The summed E-state index contributed by atoms with van der Waals surface area (Å²) in [5, 5.41) is 7.93. The molecule has 158 valence electrons. The molecule has 1 aliphatic heterocycles. The van der Waals surface area contributed by atoms with Gasteiger partial charge >= 0.3 is 6.18 Å². The molecule has 29 heavy (non-hydrogen) atoms. The van der Waals surface area contributed by atoms with Gasteiger partial charge in [-0.2, -0.15) is 18.3 Å². The van der Waals surface area contributed by atoms with E-state index in [1.165, 1.54) is 4.68 Å². The van der Waals surface area contributed by atoms with Crippen LogP contribution in [0.3, 0.4) is 0 Å². The van der Waals surface area contributed by atoms with Gasteiger partial charge in [0.1, 0.15) is 18.0 Å². The van der Waals surface area contributed by atoms with Crippen LogP contribution in [0.5, 0.6) is 0 Å². The number of hydrogen-bond donors (Lipinski definition) is 0. The van der Waals surface area contributed by atoms with Gasteiger partial charge in [0.2, 0.25) is 5.91 Å². The molecule has 0 bridgehead atoms. The van der Waals surface area contributed by atoms with Crippen LogP contribution >= 0.6 is 0 Å². The Morgan fingerprint density at radius 2 is 2.07 bits per heavy atom. The van der Waals surface area contributed by atoms with Gasteiger partial charge in [-0.3, -0.25) is 9.48 Å². The molecule has 0 spiro atoms. The topological polar surface area (TPSA) is 64.2 Å². The number of carbonyl (C=O) groups excluding carboxylic acids is 1. The lowest BCUT2D eigenvalue weighted by Gasteiger charge is -2.23. The van der Waals surface area contributed by atoms with E-state index >= 15 is 0 Å². The van der Waals surface area contributed by atoms with Gasteiger partial charge in [-0.15, -0.1) is 0 Å². The highest BCUT2D eigenvalue weighted by atomic mass is 19.4. The van der Waals surface area contributed by atoms with Gasteiger partial charge < -0.3 is 9.42 Å². The van der Waals surface area contributed by atoms with Crippen molar-refractivity contribution in [2.45, 2.75) is 77.1 Å². The minimum absolute atomic E-state index is 0.172. The molecule has 0 N–H and O–H groups in total. The maximum Gasteiger partial charge on any atom is 0.435 e. The zero-order valence-corrected chi connectivity index (χ0v) is 16.5. The summed E-state index contributed by atoms with van der Waals surface area (Å²) in [6.07, 6.45) is 1.25. The van der Waals surface area contributed by atoms with Crippen molar-refractivity contribution in [3.63, 3.8) is 0 Å². The number of fused-ring (bicyclic) bond motifs is 1. The molecule has 1 saturated heterocycles. The fourth-order valence-corrected chi connectivity index (χ4v) is 4.47. The summed E-state index contributed by atoms with van der Waals surface area (Å²) in [4.78, 5) is 14.7. The van der Waals surface area contributed by atoms with Crippen LogP contribution in [0, 0.1) is 0 Å². The number of aryl methyl sites for hydroxylation is 1. The van der Waals surface area contributed by atoms with Crippen molar-refractivity contribution < 1.29 is 22.5 Å². The smallest absolute Gasteiger partial charge is 0.361 e. The lowest BCUT2D eigenvalue weighted by molar-refractivity contribution is -0.142. The lowest BCUT2D eigenvalue weighted by Crippen LogP contribution is -2.34. The fraction of sp³-hybridized carbons (Fsp3) is 0.650. The largest absolute Gasteiger partial charge is 0.435 e. The molecule has 6 nitrogen and oxygen atoms in total. The molecular weight excluding hydrogens is 385 g/mol. The lowest BCUT2D eigenvalue weighted by atomic mass is 9.95. The zero-order valence-electron chi connectivity index (χ0n) is 16.5. The van der Waals surface area contributed by atoms with Crippen LogP contribution in [0.1, 0.15) is 73.5 Å². The Hall–Kier alpha value is -2.32. The Labute approximate surface area is 167 Å². The van der Waals surface area contributed by atoms with Gasteiger partial charge in [0.25, 0.3) is 0 Å². The molecule has 1 amide bonds. The predicted octanol–water partition coefficient (Wildman–Crippen LogP) is 4.08. The van der Waals surface area contributed by atoms with E-state index in [1.54, 1.807) is 4.90 Å². The molecule has 1 atom stereocenters. The fourth-order valence-electron chi connectivity index (χ4n) is 4.47. The first-order valence-electron chi connectivity index (χ1n) is 10.3. The standard InChI is InChI=1S/C20H25F3N4O2/c1-2-6-13-11-15(25-29-13)17-9-5-10-26(17)18(28)12-27-16-8-4-3-7-14(16)19(24-27)20(21,22)23/h11,17H,2-10,12H2,1H3/t17-/m0/s1. The normalized spacial score (nSPS) is 19.6. The maximum absolute atomic E-state index is 13.4. The van der Waals surface area contributed by atoms with E-state index in [2.05, 4.69) is 10.3 Å². The zero-order chi connectivity index (χ0) is 20.6. The number of alkyl halides is 3. The Morgan fingerprint density at radius 1 is 1.28 bits per heavy atom. The highest BCUT2D eigenvalue weighted by Gasteiger charge is 2.40. The maximum atomic E-state index is 13.4. The molecule has 0 saturated carbocycles. The average molecular weight is 410 g/mol. The quantitative estimate of drug-likeness (QED) is 0.745. The molecule has 0 unspecified atom stereocenters. The molecule has 2 aromatic heterocycles. The monoisotopic (exact) mass is 410 g/mol. The summed E-state index contributed by atoms with van der Waals surface area (Å²) in [6, 6.07) is 1.70. The van der Waals surface area contributed by atoms with Crippen LogP contribution in [0.15, 0.2) is 10.6 Å². The van der Waals surface area contributed by atoms with Crippen molar-refractivity contribution in [2.75, 3.05) is 6.54 Å². The summed E-state index contributed by atoms with van der Waals surface area (Å²) in [7, 11) is 0. The average Bonchev–Trinajstić information content (AvgIpc) is 3.39. The number of halogens is 3. The molecular formula is C20H25F3N4O2. The van der Waals surface area contributed by atoms with Crippen LogP contribution in [-0.4, -0.2) is 32.3 Å². The summed E-state index contributed by atoms with van der Waals surface area (Å²) in [6.45, 7) is 2.44. The predicted molar refractivity (Wildman–Crippen MR) is 98.1 cm³/mol. The minimum atomic E-state index is -4.50. The van der Waals surface area contributed by atoms with Gasteiger partial charge in [0, 0.05) is 30.3 Å². The van der Waals surface area contributed by atoms with Gasteiger partial charge in [-0.05, 0) is 44.9 Å². The third-order valence-corrected chi connectivity index (χ3v) is 5.80. The van der Waals surface area contributed by atoms with E-state index in [0.717, 1.165) is 50.0 Å². The SMILES string of the molecule is CCCc1cc([C@@H]2CCCN2C(=O)Cn2nc(C(F)(F)F)c3c2CCCC3)no1. The highest BCUT2D eigenvalue weighted by molar-refractivity contribution is 5.77. The highest BCUT2D eigenvalue weighted by Crippen LogP contribution is 2.36. The molecule has 0 radical (unpaired) electrons. The number of rotatable bonds is 5. The van der Waals surface area contributed by atoms with Crippen molar-refractivity contribution in [3.8, 4) is 0 Å². The van der Waals surface area contributed by atoms with Gasteiger partial charge in [-0.25, -0.2) is 0 Å². The van der Waals surface area contributed by atoms with Gasteiger partial charge in [-0.1, -0.05) is 12.1 Å². The molecule has 3 heterocycles. The summed E-state index contributed by atoms with van der Waals surface area (Å²) in [5.41, 5.74) is 0.700. The van der Waals surface area contributed by atoms with Crippen molar-refractivity contribution in [1.29, 1.82) is 0 Å². The first kappa shape index (κ1) is 20.0. The number of nitrogens with zero attached hydrogens (tertiary/aromatic N) is 4. The third-order valence-electron chi connectivity index (χ3n) is 5.80. The Kier molecular flexibility index (Phi) is 5.40. The second-order valence-electron chi connectivity index (χ2n) is 7.85. The number of likely N-dealkylation sites (tertiary alicyclic amines) is 1. The van der Waals surface area contributed by atoms with E-state index in [9.17, 15) is 18.0 Å². The van der Waals surface area contributed by atoms with Crippen LogP contribution in [0.25, 0.3) is 0 Å². The van der Waals surface area contributed by atoms with Crippen LogP contribution in [-0.2, 0) is 36.8 Å². The molecule has 2 aromatic rings. The van der Waals surface area contributed by atoms with Crippen molar-refractivity contribution >= 4 is 5.91 Å². The molecule has 9 heteroatoms. The van der Waals surface area contributed by atoms with E-state index in [4.69, 9.17) is 4.52 Å². The summed E-state index contributed by atoms with van der Waals surface area (Å²) in [5.74, 6) is 0.565. The van der Waals surface area contributed by atoms with E-state index in [-0.39, 0.29) is 24.1 Å². The van der Waals surface area contributed by atoms with Gasteiger partial charge in [0.05, 0.1) is 6.04 Å². The first-order valence-corrected chi connectivity index (χ1v) is 10.3. The number of aromatic nitrogens is 3. The van der Waals surface area contributed by atoms with Crippen molar-refractivity contribution in [3.05, 3.63) is 34.5 Å². The molecule has 1 fully saturated rings. The number of amides is 1. The Morgan fingerprint density at radius 3 is 2.83 bits per heavy atom. The molecule has 4 rings (SSSR count). The van der Waals surface area contributed by atoms with Crippen LogP contribution in [0.2, 0.25) is 0 Å². The summed E-state index contributed by atoms with van der Waals surface area (Å²) >= 11 is 0. The van der Waals surface area contributed by atoms with Crippen LogP contribution in [0.4, 0.5) is 13.2 Å². The molecule has 2 aliphatic rings. The van der Waals surface area contributed by atoms with E-state index in [0.29, 0.717) is 25.1 Å². The third kappa shape index (κ3) is 3.91. The second kappa shape index (κ2) is 7.84. The molecule has 0 aromatic carbocycles.